The molecule has 13 heavy (non-hydrogen) atoms. The molecule has 0 bridgehead atoms. The van der Waals surface area contributed by atoms with Gasteiger partial charge < -0.3 is 14.6 Å². The molecule has 0 amide bonds. The van der Waals surface area contributed by atoms with Gasteiger partial charge >= 0.3 is 0 Å². The summed E-state index contributed by atoms with van der Waals surface area (Å²) in [4.78, 5) is 0. The maximum atomic E-state index is 8.77. The van der Waals surface area contributed by atoms with E-state index in [1.807, 2.05) is 0 Å². The van der Waals surface area contributed by atoms with Crippen LogP contribution in [0.25, 0.3) is 0 Å². The van der Waals surface area contributed by atoms with E-state index >= 15 is 0 Å². The highest BCUT2D eigenvalue weighted by atomic mass is 16.7. The zero-order chi connectivity index (χ0) is 9.42. The third-order valence-electron chi connectivity index (χ3n) is 2.51. The molecule has 2 aliphatic heterocycles. The average Bonchev–Trinajstić information content (AvgIpc) is 2.95. The molecule has 0 aliphatic carbocycles. The van der Waals surface area contributed by atoms with Gasteiger partial charge in [-0.2, -0.15) is 0 Å². The fourth-order valence-electron chi connectivity index (χ4n) is 1.58. The standard InChI is InChI=1S/C10H16O3/c1-6(2)3-4-7-9(12-7)10-8(5-11)13-10/h3,7-11H,4-5H2,1-2H3/t7-,8-,9+,10+/m0/s1. The first kappa shape index (κ1) is 9.19. The molecule has 2 fully saturated rings. The molecule has 3 heteroatoms. The first-order valence-corrected chi connectivity index (χ1v) is 4.77. The Bertz CT molecular complexity index is 220. The van der Waals surface area contributed by atoms with Crippen LogP contribution in [0.15, 0.2) is 11.6 Å². The van der Waals surface area contributed by atoms with Crippen molar-refractivity contribution in [2.75, 3.05) is 6.61 Å². The lowest BCUT2D eigenvalue weighted by Crippen LogP contribution is -2.07. The summed E-state index contributed by atoms with van der Waals surface area (Å²) in [5.41, 5.74) is 1.32. The van der Waals surface area contributed by atoms with Crippen LogP contribution < -0.4 is 0 Å². The lowest BCUT2D eigenvalue weighted by atomic mass is 10.1. The van der Waals surface area contributed by atoms with Crippen molar-refractivity contribution in [3.05, 3.63) is 11.6 Å². The molecule has 2 heterocycles. The smallest absolute Gasteiger partial charge is 0.115 e. The van der Waals surface area contributed by atoms with Gasteiger partial charge in [0, 0.05) is 0 Å². The third-order valence-corrected chi connectivity index (χ3v) is 2.51. The van der Waals surface area contributed by atoms with Crippen LogP contribution in [-0.4, -0.2) is 36.1 Å². The van der Waals surface area contributed by atoms with Crippen molar-refractivity contribution >= 4 is 0 Å². The second-order valence-corrected chi connectivity index (χ2v) is 3.98. The van der Waals surface area contributed by atoms with Crippen LogP contribution >= 0.6 is 0 Å². The van der Waals surface area contributed by atoms with Crippen molar-refractivity contribution in [1.82, 2.24) is 0 Å². The molecular weight excluding hydrogens is 168 g/mol. The lowest BCUT2D eigenvalue weighted by Gasteiger charge is -1.88. The molecule has 0 saturated carbocycles. The average molecular weight is 184 g/mol. The van der Waals surface area contributed by atoms with Crippen LogP contribution in [0.3, 0.4) is 0 Å². The monoisotopic (exact) mass is 184 g/mol. The zero-order valence-corrected chi connectivity index (χ0v) is 8.06. The number of epoxide rings is 2. The number of ether oxygens (including phenoxy) is 2. The van der Waals surface area contributed by atoms with Crippen molar-refractivity contribution < 1.29 is 14.6 Å². The molecule has 0 aromatic heterocycles. The Labute approximate surface area is 78.3 Å². The van der Waals surface area contributed by atoms with Gasteiger partial charge in [-0.05, 0) is 20.3 Å². The van der Waals surface area contributed by atoms with Crippen molar-refractivity contribution in [3.63, 3.8) is 0 Å². The molecule has 4 atom stereocenters. The topological polar surface area (TPSA) is 45.3 Å². The molecule has 0 unspecified atom stereocenters. The summed E-state index contributed by atoms with van der Waals surface area (Å²) in [6.07, 6.45) is 3.94. The Morgan fingerprint density at radius 2 is 1.85 bits per heavy atom. The summed E-state index contributed by atoms with van der Waals surface area (Å²) in [6.45, 7) is 4.29. The molecule has 2 rings (SSSR count). The van der Waals surface area contributed by atoms with E-state index in [-0.39, 0.29) is 24.9 Å². The maximum Gasteiger partial charge on any atom is 0.115 e. The highest BCUT2D eigenvalue weighted by molar-refractivity contribution is 5.06. The molecule has 0 aromatic rings. The number of allylic oxidation sites excluding steroid dienone is 1. The minimum Gasteiger partial charge on any atom is -0.394 e. The van der Waals surface area contributed by atoms with Gasteiger partial charge in [0.2, 0.25) is 0 Å². The van der Waals surface area contributed by atoms with E-state index in [1.54, 1.807) is 0 Å². The minimum atomic E-state index is 0.0432. The number of aliphatic hydroxyl groups is 1. The number of hydrogen-bond donors (Lipinski definition) is 1. The lowest BCUT2D eigenvalue weighted by molar-refractivity contribution is 0.240. The van der Waals surface area contributed by atoms with E-state index in [2.05, 4.69) is 19.9 Å². The van der Waals surface area contributed by atoms with Gasteiger partial charge in [-0.1, -0.05) is 11.6 Å². The van der Waals surface area contributed by atoms with Crippen LogP contribution in [0.5, 0.6) is 0 Å². The highest BCUT2D eigenvalue weighted by Crippen LogP contribution is 2.40. The maximum absolute atomic E-state index is 8.77. The van der Waals surface area contributed by atoms with Gasteiger partial charge in [-0.3, -0.25) is 0 Å². The molecule has 1 N–H and O–H groups in total. The highest BCUT2D eigenvalue weighted by Gasteiger charge is 2.56. The summed E-state index contributed by atoms with van der Waals surface area (Å²) in [5, 5.41) is 8.77. The van der Waals surface area contributed by atoms with Gasteiger partial charge in [-0.15, -0.1) is 0 Å². The van der Waals surface area contributed by atoms with Crippen molar-refractivity contribution in [2.45, 2.75) is 44.7 Å². The van der Waals surface area contributed by atoms with E-state index in [0.717, 1.165) is 6.42 Å². The molecule has 74 valence electrons. The quantitative estimate of drug-likeness (QED) is 0.521. The molecule has 3 nitrogen and oxygen atoms in total. The SMILES string of the molecule is CC(C)=CC[C@@H]1O[C@H]1[C@@H]1O[C@H]1CO. The van der Waals surface area contributed by atoms with E-state index in [4.69, 9.17) is 14.6 Å². The molecule has 2 aliphatic rings. The predicted molar refractivity (Wildman–Crippen MR) is 48.5 cm³/mol. The van der Waals surface area contributed by atoms with Crippen LogP contribution in [0.2, 0.25) is 0 Å². The van der Waals surface area contributed by atoms with Crippen LogP contribution in [-0.2, 0) is 9.47 Å². The summed E-state index contributed by atoms with van der Waals surface area (Å²) in [6, 6.07) is 0. The van der Waals surface area contributed by atoms with E-state index in [0.29, 0.717) is 6.10 Å². The predicted octanol–water partition coefficient (Wildman–Crippen LogP) is 0.870. The molecule has 2 saturated heterocycles. The summed E-state index contributed by atoms with van der Waals surface area (Å²) in [7, 11) is 0. The number of hydrogen-bond acceptors (Lipinski definition) is 3. The van der Waals surface area contributed by atoms with Gasteiger partial charge in [0.05, 0.1) is 12.7 Å². The van der Waals surface area contributed by atoms with Crippen molar-refractivity contribution in [2.24, 2.45) is 0 Å². The summed E-state index contributed by atoms with van der Waals surface area (Å²) >= 11 is 0. The summed E-state index contributed by atoms with van der Waals surface area (Å²) < 4.78 is 10.7. The van der Waals surface area contributed by atoms with Gasteiger partial charge in [0.25, 0.3) is 0 Å². The fraction of sp³-hybridized carbons (Fsp3) is 0.800. The molecule has 0 spiro atoms. The van der Waals surface area contributed by atoms with E-state index < -0.39 is 0 Å². The van der Waals surface area contributed by atoms with Crippen molar-refractivity contribution in [1.29, 1.82) is 0 Å². The Hall–Kier alpha value is -0.380. The molecule has 0 aromatic carbocycles. The second kappa shape index (κ2) is 3.40. The largest absolute Gasteiger partial charge is 0.394 e. The van der Waals surface area contributed by atoms with E-state index in [1.165, 1.54) is 5.57 Å². The van der Waals surface area contributed by atoms with Gasteiger partial charge in [0.1, 0.15) is 18.3 Å². The first-order valence-electron chi connectivity index (χ1n) is 4.77. The van der Waals surface area contributed by atoms with Crippen LogP contribution in [0, 0.1) is 0 Å². The van der Waals surface area contributed by atoms with Crippen LogP contribution in [0.4, 0.5) is 0 Å². The summed E-state index contributed by atoms with van der Waals surface area (Å²) in [5.74, 6) is 0. The second-order valence-electron chi connectivity index (χ2n) is 3.98. The molecule has 0 radical (unpaired) electrons. The van der Waals surface area contributed by atoms with Gasteiger partial charge in [0.15, 0.2) is 0 Å². The minimum absolute atomic E-state index is 0.0432. The number of rotatable bonds is 4. The Morgan fingerprint density at radius 1 is 1.23 bits per heavy atom. The number of aliphatic hydroxyl groups excluding tert-OH is 1. The van der Waals surface area contributed by atoms with Crippen molar-refractivity contribution in [3.8, 4) is 0 Å². The van der Waals surface area contributed by atoms with Crippen LogP contribution in [0.1, 0.15) is 20.3 Å². The Morgan fingerprint density at radius 3 is 2.38 bits per heavy atom. The molecular formula is C10H16O3. The fourth-order valence-corrected chi connectivity index (χ4v) is 1.58. The zero-order valence-electron chi connectivity index (χ0n) is 8.06. The van der Waals surface area contributed by atoms with Gasteiger partial charge in [-0.25, -0.2) is 0 Å². The normalized spacial score (nSPS) is 41.5. The third kappa shape index (κ3) is 2.10. The Kier molecular flexibility index (Phi) is 2.41. The Balaban J connectivity index is 1.69. The first-order chi connectivity index (χ1) is 6.22. The van der Waals surface area contributed by atoms with E-state index in [9.17, 15) is 0 Å².